The third-order valence-corrected chi connectivity index (χ3v) is 5.31. The van der Waals surface area contributed by atoms with E-state index in [9.17, 15) is 13.2 Å². The predicted octanol–water partition coefficient (Wildman–Crippen LogP) is 1.36. The molecule has 1 atom stereocenters. The Morgan fingerprint density at radius 3 is 2.76 bits per heavy atom. The lowest BCUT2D eigenvalue weighted by Crippen LogP contribution is -2.27. The van der Waals surface area contributed by atoms with Crippen molar-refractivity contribution in [3.63, 3.8) is 0 Å². The summed E-state index contributed by atoms with van der Waals surface area (Å²) in [7, 11) is 1.57. The third-order valence-electron chi connectivity index (χ3n) is 2.53. The van der Waals surface area contributed by atoms with Crippen molar-refractivity contribution in [2.45, 2.75) is 11.7 Å². The van der Waals surface area contributed by atoms with Crippen LogP contribution in [0, 0.1) is 3.57 Å². The highest BCUT2D eigenvalue weighted by molar-refractivity contribution is 14.1. The van der Waals surface area contributed by atoms with Gasteiger partial charge in [0.25, 0.3) is 0 Å². The van der Waals surface area contributed by atoms with Gasteiger partial charge in [-0.25, -0.2) is 8.42 Å². The number of pyridine rings is 1. The molecule has 1 saturated heterocycles. The molecule has 1 fully saturated rings. The van der Waals surface area contributed by atoms with Crippen LogP contribution < -0.4 is 4.90 Å². The molecule has 0 spiro atoms. The van der Waals surface area contributed by atoms with E-state index < -0.39 is 14.3 Å². The molecule has 17 heavy (non-hydrogen) atoms. The normalized spacial score (nSPS) is 20.9. The molecule has 1 unspecified atom stereocenters. The topological polar surface area (TPSA) is 67.3 Å². The highest BCUT2D eigenvalue weighted by Crippen LogP contribution is 2.29. The Kier molecular flexibility index (Phi) is 3.60. The Labute approximate surface area is 117 Å². The second-order valence-corrected chi connectivity index (χ2v) is 7.70. The van der Waals surface area contributed by atoms with E-state index in [2.05, 4.69) is 27.6 Å². The number of hydrogen-bond donors (Lipinski definition) is 0. The van der Waals surface area contributed by atoms with Gasteiger partial charge in [-0.3, -0.25) is 9.78 Å². The molecule has 2 rings (SSSR count). The summed E-state index contributed by atoms with van der Waals surface area (Å²) in [5, 5.41) is -0.840. The van der Waals surface area contributed by atoms with E-state index in [4.69, 9.17) is 10.7 Å². The first kappa shape index (κ1) is 13.0. The number of rotatable bonds is 2. The molecule has 2 heterocycles. The molecule has 1 aliphatic rings. The molecule has 0 aliphatic carbocycles. The summed E-state index contributed by atoms with van der Waals surface area (Å²) >= 11 is 2.07. The van der Waals surface area contributed by atoms with Gasteiger partial charge in [-0.2, -0.15) is 0 Å². The first-order chi connectivity index (χ1) is 7.89. The molecule has 0 bridgehead atoms. The summed E-state index contributed by atoms with van der Waals surface area (Å²) in [5.74, 6) is -0.245. The van der Waals surface area contributed by atoms with E-state index in [0.717, 1.165) is 3.57 Å². The first-order valence-corrected chi connectivity index (χ1v) is 8.18. The summed E-state index contributed by atoms with van der Waals surface area (Å²) in [6.07, 6.45) is 3.08. The van der Waals surface area contributed by atoms with E-state index >= 15 is 0 Å². The molecule has 0 aromatic carbocycles. The van der Waals surface area contributed by atoms with Gasteiger partial charge in [0.1, 0.15) is 5.25 Å². The summed E-state index contributed by atoms with van der Waals surface area (Å²) in [6.45, 7) is 0.0896. The number of aromatic nitrogens is 1. The van der Waals surface area contributed by atoms with Gasteiger partial charge >= 0.3 is 0 Å². The van der Waals surface area contributed by atoms with Gasteiger partial charge in [-0.05, 0) is 28.7 Å². The van der Waals surface area contributed by atoms with E-state index in [-0.39, 0.29) is 18.9 Å². The second-order valence-electron chi connectivity index (χ2n) is 3.63. The van der Waals surface area contributed by atoms with Gasteiger partial charge in [-0.1, -0.05) is 0 Å². The lowest BCUT2D eigenvalue weighted by Gasteiger charge is -2.16. The number of halogens is 2. The molecule has 0 N–H and O–H groups in total. The van der Waals surface area contributed by atoms with Gasteiger partial charge in [0, 0.05) is 33.4 Å². The fourth-order valence-electron chi connectivity index (χ4n) is 1.66. The SMILES string of the molecule is O=C1CC(S(=O)(=O)Cl)CN1c1cnccc1I. The highest BCUT2D eigenvalue weighted by Gasteiger charge is 2.38. The molecular formula is C9H8ClIN2O3S. The average Bonchev–Trinajstić information content (AvgIpc) is 2.61. The fourth-order valence-corrected chi connectivity index (χ4v) is 3.28. The zero-order valence-corrected chi connectivity index (χ0v) is 12.2. The van der Waals surface area contributed by atoms with Crippen molar-refractivity contribution >= 4 is 53.9 Å². The van der Waals surface area contributed by atoms with Gasteiger partial charge in [-0.15, -0.1) is 0 Å². The zero-order chi connectivity index (χ0) is 12.6. The maximum absolute atomic E-state index is 11.8. The van der Waals surface area contributed by atoms with Crippen LogP contribution in [0.2, 0.25) is 0 Å². The van der Waals surface area contributed by atoms with Crippen LogP contribution in [-0.2, 0) is 13.8 Å². The summed E-state index contributed by atoms with van der Waals surface area (Å²) in [4.78, 5) is 17.1. The van der Waals surface area contributed by atoms with Crippen molar-refractivity contribution in [2.24, 2.45) is 0 Å². The summed E-state index contributed by atoms with van der Waals surface area (Å²) < 4.78 is 23.3. The molecule has 5 nitrogen and oxygen atoms in total. The van der Waals surface area contributed by atoms with Crippen molar-refractivity contribution in [2.75, 3.05) is 11.4 Å². The Hall–Kier alpha value is -0.410. The molecule has 1 aliphatic heterocycles. The van der Waals surface area contributed by atoms with Crippen molar-refractivity contribution in [1.82, 2.24) is 4.98 Å². The lowest BCUT2D eigenvalue weighted by atomic mass is 10.4. The van der Waals surface area contributed by atoms with Crippen molar-refractivity contribution in [3.8, 4) is 0 Å². The van der Waals surface area contributed by atoms with Crippen LogP contribution in [0.3, 0.4) is 0 Å². The van der Waals surface area contributed by atoms with Crippen LogP contribution in [-0.4, -0.2) is 31.1 Å². The van der Waals surface area contributed by atoms with Gasteiger partial charge in [0.05, 0.1) is 11.9 Å². The number of nitrogens with zero attached hydrogens (tertiary/aromatic N) is 2. The Morgan fingerprint density at radius 2 is 2.24 bits per heavy atom. The molecule has 1 aromatic heterocycles. The van der Waals surface area contributed by atoms with Gasteiger partial charge < -0.3 is 4.90 Å². The number of hydrogen-bond acceptors (Lipinski definition) is 4. The molecule has 0 radical (unpaired) electrons. The van der Waals surface area contributed by atoms with Crippen molar-refractivity contribution in [1.29, 1.82) is 0 Å². The predicted molar refractivity (Wildman–Crippen MR) is 72.5 cm³/mol. The van der Waals surface area contributed by atoms with Crippen molar-refractivity contribution in [3.05, 3.63) is 22.0 Å². The molecule has 1 aromatic rings. The highest BCUT2D eigenvalue weighted by atomic mass is 127. The first-order valence-electron chi connectivity index (χ1n) is 4.73. The third kappa shape index (κ3) is 2.71. The summed E-state index contributed by atoms with van der Waals surface area (Å²) in [5.41, 5.74) is 0.626. The minimum atomic E-state index is -3.70. The molecule has 92 valence electrons. The monoisotopic (exact) mass is 386 g/mol. The standard InChI is InChI=1S/C9H8ClIN2O3S/c10-17(15,16)6-3-9(14)13(5-6)8-4-12-2-1-7(8)11/h1-2,4,6H,3,5H2. The maximum Gasteiger partial charge on any atom is 0.237 e. The summed E-state index contributed by atoms with van der Waals surface area (Å²) in [6, 6.07) is 1.76. The van der Waals surface area contributed by atoms with Crippen LogP contribution in [0.15, 0.2) is 18.5 Å². The van der Waals surface area contributed by atoms with Crippen LogP contribution in [0.1, 0.15) is 6.42 Å². The van der Waals surface area contributed by atoms with Crippen LogP contribution in [0.4, 0.5) is 5.69 Å². The van der Waals surface area contributed by atoms with E-state index in [1.807, 2.05) is 0 Å². The largest absolute Gasteiger partial charge is 0.309 e. The fraction of sp³-hybridized carbons (Fsp3) is 0.333. The maximum atomic E-state index is 11.8. The smallest absolute Gasteiger partial charge is 0.237 e. The number of amides is 1. The molecule has 8 heteroatoms. The van der Waals surface area contributed by atoms with Crippen molar-refractivity contribution < 1.29 is 13.2 Å². The van der Waals surface area contributed by atoms with Crippen LogP contribution >= 0.6 is 33.3 Å². The minimum Gasteiger partial charge on any atom is -0.309 e. The van der Waals surface area contributed by atoms with E-state index in [0.29, 0.717) is 5.69 Å². The number of carbonyl (C=O) groups is 1. The Morgan fingerprint density at radius 1 is 1.53 bits per heavy atom. The van der Waals surface area contributed by atoms with E-state index in [1.165, 1.54) is 4.90 Å². The Bertz CT molecular complexity index is 563. The van der Waals surface area contributed by atoms with Gasteiger partial charge in [0.15, 0.2) is 0 Å². The average molecular weight is 387 g/mol. The Balaban J connectivity index is 2.31. The number of anilines is 1. The quantitative estimate of drug-likeness (QED) is 0.569. The van der Waals surface area contributed by atoms with E-state index in [1.54, 1.807) is 18.5 Å². The van der Waals surface area contributed by atoms with Crippen LogP contribution in [0.5, 0.6) is 0 Å². The zero-order valence-electron chi connectivity index (χ0n) is 8.51. The van der Waals surface area contributed by atoms with Gasteiger partial charge in [0.2, 0.25) is 15.0 Å². The second kappa shape index (κ2) is 4.69. The molecule has 1 amide bonds. The van der Waals surface area contributed by atoms with Crippen LogP contribution in [0.25, 0.3) is 0 Å². The lowest BCUT2D eigenvalue weighted by molar-refractivity contribution is -0.117. The molecule has 0 saturated carbocycles. The minimum absolute atomic E-state index is 0.0726. The molecular weight excluding hydrogens is 379 g/mol. The number of carbonyl (C=O) groups excluding carboxylic acids is 1.